The van der Waals surface area contributed by atoms with E-state index >= 15 is 0 Å². The Morgan fingerprint density at radius 3 is 2.52 bits per heavy atom. The van der Waals surface area contributed by atoms with Gasteiger partial charge in [-0.15, -0.1) is 0 Å². The SMILES string of the molecule is COc1ccc(S(=O)(=O)N2CCCC[C@H]2CC(=O)n2nc(C)cc2C)cc1. The number of carbonyl (C=O) groups excluding carboxylic acids is 1. The first kappa shape index (κ1) is 19.6. The van der Waals surface area contributed by atoms with Gasteiger partial charge in [-0.1, -0.05) is 6.42 Å². The third-order valence-corrected chi connectivity index (χ3v) is 6.86. The largest absolute Gasteiger partial charge is 0.497 e. The fourth-order valence-corrected chi connectivity index (χ4v) is 5.24. The number of rotatable bonds is 5. The van der Waals surface area contributed by atoms with Crippen LogP contribution in [0, 0.1) is 13.8 Å². The molecule has 1 aliphatic heterocycles. The standard InChI is InChI=1S/C19H25N3O4S/c1-14-12-15(2)22(20-14)19(23)13-16-6-4-5-11-21(16)27(24,25)18-9-7-17(26-3)8-10-18/h7-10,12,16H,4-6,11,13H2,1-3H3/t16-/m0/s1. The number of nitrogens with zero attached hydrogens (tertiary/aromatic N) is 3. The van der Waals surface area contributed by atoms with Crippen molar-refractivity contribution in [2.75, 3.05) is 13.7 Å². The second-order valence-corrected chi connectivity index (χ2v) is 8.77. The van der Waals surface area contributed by atoms with Crippen molar-refractivity contribution in [1.29, 1.82) is 0 Å². The van der Waals surface area contributed by atoms with Crippen LogP contribution in [0.5, 0.6) is 5.75 Å². The summed E-state index contributed by atoms with van der Waals surface area (Å²) in [6.07, 6.45) is 2.49. The number of benzene rings is 1. The van der Waals surface area contributed by atoms with Crippen molar-refractivity contribution in [2.24, 2.45) is 0 Å². The lowest BCUT2D eigenvalue weighted by Crippen LogP contribution is -2.45. The lowest BCUT2D eigenvalue weighted by Gasteiger charge is -2.34. The third-order valence-electron chi connectivity index (χ3n) is 4.90. The van der Waals surface area contributed by atoms with Crippen molar-refractivity contribution in [3.63, 3.8) is 0 Å². The molecule has 146 valence electrons. The van der Waals surface area contributed by atoms with E-state index in [1.165, 1.54) is 16.1 Å². The summed E-state index contributed by atoms with van der Waals surface area (Å²) in [7, 11) is -2.14. The molecule has 1 aromatic carbocycles. The Balaban J connectivity index is 1.83. The van der Waals surface area contributed by atoms with Crippen LogP contribution in [0.1, 0.15) is 41.9 Å². The van der Waals surface area contributed by atoms with Gasteiger partial charge < -0.3 is 4.74 Å². The van der Waals surface area contributed by atoms with Gasteiger partial charge in [0.15, 0.2) is 0 Å². The molecule has 3 rings (SSSR count). The molecular formula is C19H25N3O4S. The van der Waals surface area contributed by atoms with Crippen LogP contribution in [0.3, 0.4) is 0 Å². The van der Waals surface area contributed by atoms with E-state index in [4.69, 9.17) is 4.74 Å². The van der Waals surface area contributed by atoms with Crippen LogP contribution in [0.25, 0.3) is 0 Å². The van der Waals surface area contributed by atoms with Crippen molar-refractivity contribution in [3.05, 3.63) is 41.7 Å². The van der Waals surface area contributed by atoms with E-state index in [0.717, 1.165) is 24.2 Å². The average Bonchev–Trinajstić information content (AvgIpc) is 3.00. The zero-order chi connectivity index (χ0) is 19.6. The highest BCUT2D eigenvalue weighted by atomic mass is 32.2. The van der Waals surface area contributed by atoms with Crippen molar-refractivity contribution in [2.45, 2.75) is 50.5 Å². The Morgan fingerprint density at radius 2 is 1.93 bits per heavy atom. The van der Waals surface area contributed by atoms with Crippen LogP contribution in [-0.4, -0.2) is 48.1 Å². The van der Waals surface area contributed by atoms with Gasteiger partial charge in [0.2, 0.25) is 15.9 Å². The van der Waals surface area contributed by atoms with Crippen LogP contribution < -0.4 is 4.74 Å². The second-order valence-electron chi connectivity index (χ2n) is 6.88. The minimum atomic E-state index is -3.67. The summed E-state index contributed by atoms with van der Waals surface area (Å²) >= 11 is 0. The van der Waals surface area contributed by atoms with Crippen molar-refractivity contribution in [3.8, 4) is 5.75 Å². The van der Waals surface area contributed by atoms with E-state index in [1.807, 2.05) is 19.9 Å². The molecule has 0 radical (unpaired) electrons. The van der Waals surface area contributed by atoms with Crippen LogP contribution in [-0.2, 0) is 10.0 Å². The van der Waals surface area contributed by atoms with Gasteiger partial charge in [-0.3, -0.25) is 4.79 Å². The topological polar surface area (TPSA) is 81.5 Å². The molecule has 1 aliphatic rings. The molecule has 8 heteroatoms. The molecule has 1 saturated heterocycles. The van der Waals surface area contributed by atoms with E-state index in [-0.39, 0.29) is 23.3 Å². The summed E-state index contributed by atoms with van der Waals surface area (Å²) in [6.45, 7) is 4.08. The fraction of sp³-hybridized carbons (Fsp3) is 0.474. The third kappa shape index (κ3) is 4.06. The summed E-state index contributed by atoms with van der Waals surface area (Å²) in [5.74, 6) is 0.422. The molecule has 2 aromatic rings. The smallest absolute Gasteiger partial charge is 0.248 e. The molecule has 0 aliphatic carbocycles. The summed E-state index contributed by atoms with van der Waals surface area (Å²) in [5.41, 5.74) is 1.53. The Hall–Kier alpha value is -2.19. The van der Waals surface area contributed by atoms with Gasteiger partial charge in [-0.05, 0) is 57.0 Å². The van der Waals surface area contributed by atoms with Crippen molar-refractivity contribution < 1.29 is 17.9 Å². The van der Waals surface area contributed by atoms with E-state index < -0.39 is 10.0 Å². The minimum Gasteiger partial charge on any atom is -0.497 e. The summed E-state index contributed by atoms with van der Waals surface area (Å²) < 4.78 is 34.2. The first-order valence-corrected chi connectivity index (χ1v) is 10.5. The highest BCUT2D eigenvalue weighted by Crippen LogP contribution is 2.28. The first-order chi connectivity index (χ1) is 12.8. The van der Waals surface area contributed by atoms with Crippen LogP contribution >= 0.6 is 0 Å². The Bertz CT molecular complexity index is 919. The summed E-state index contributed by atoms with van der Waals surface area (Å²) in [4.78, 5) is 12.9. The maximum absolute atomic E-state index is 13.1. The fourth-order valence-electron chi connectivity index (χ4n) is 3.55. The van der Waals surface area contributed by atoms with Crippen molar-refractivity contribution in [1.82, 2.24) is 14.1 Å². The molecular weight excluding hydrogens is 366 g/mol. The van der Waals surface area contributed by atoms with Gasteiger partial charge in [0.05, 0.1) is 17.7 Å². The van der Waals surface area contributed by atoms with Gasteiger partial charge in [0.25, 0.3) is 0 Å². The number of aromatic nitrogens is 2. The molecule has 1 fully saturated rings. The molecule has 0 N–H and O–H groups in total. The first-order valence-electron chi connectivity index (χ1n) is 9.05. The minimum absolute atomic E-state index is 0.122. The lowest BCUT2D eigenvalue weighted by molar-refractivity contribution is 0.0839. The predicted molar refractivity (Wildman–Crippen MR) is 101 cm³/mol. The molecule has 0 saturated carbocycles. The maximum Gasteiger partial charge on any atom is 0.248 e. The van der Waals surface area contributed by atoms with Gasteiger partial charge in [0.1, 0.15) is 5.75 Å². The Labute approximate surface area is 160 Å². The highest BCUT2D eigenvalue weighted by Gasteiger charge is 2.35. The average molecular weight is 391 g/mol. The van der Waals surface area contributed by atoms with Gasteiger partial charge in [0, 0.05) is 24.7 Å². The van der Waals surface area contributed by atoms with Gasteiger partial charge in [-0.2, -0.15) is 9.40 Å². The molecule has 27 heavy (non-hydrogen) atoms. The number of sulfonamides is 1. The normalized spacial score (nSPS) is 18.4. The number of carbonyl (C=O) groups is 1. The quantitative estimate of drug-likeness (QED) is 0.783. The molecule has 1 atom stereocenters. The zero-order valence-electron chi connectivity index (χ0n) is 15.9. The zero-order valence-corrected chi connectivity index (χ0v) is 16.7. The predicted octanol–water partition coefficient (Wildman–Crippen LogP) is 2.78. The number of hydrogen-bond donors (Lipinski definition) is 0. The summed E-state index contributed by atoms with van der Waals surface area (Å²) in [6, 6.07) is 7.83. The van der Waals surface area contributed by atoms with Crippen LogP contribution in [0.4, 0.5) is 0 Å². The van der Waals surface area contributed by atoms with Crippen molar-refractivity contribution >= 4 is 15.9 Å². The maximum atomic E-state index is 13.1. The van der Waals surface area contributed by atoms with E-state index in [0.29, 0.717) is 18.7 Å². The molecule has 2 heterocycles. The molecule has 0 unspecified atom stereocenters. The van der Waals surface area contributed by atoms with Gasteiger partial charge in [-0.25, -0.2) is 13.1 Å². The Morgan fingerprint density at radius 1 is 1.22 bits per heavy atom. The van der Waals surface area contributed by atoms with Crippen LogP contribution in [0.15, 0.2) is 35.2 Å². The molecule has 0 spiro atoms. The Kier molecular flexibility index (Phi) is 5.67. The van der Waals surface area contributed by atoms with E-state index in [2.05, 4.69) is 5.10 Å². The second kappa shape index (κ2) is 7.82. The van der Waals surface area contributed by atoms with E-state index in [9.17, 15) is 13.2 Å². The number of ether oxygens (including phenoxy) is 1. The highest BCUT2D eigenvalue weighted by molar-refractivity contribution is 7.89. The van der Waals surface area contributed by atoms with Gasteiger partial charge >= 0.3 is 0 Å². The molecule has 1 aromatic heterocycles. The monoisotopic (exact) mass is 391 g/mol. The van der Waals surface area contributed by atoms with Crippen LogP contribution in [0.2, 0.25) is 0 Å². The molecule has 0 bridgehead atoms. The number of aryl methyl sites for hydroxylation is 2. The number of methoxy groups -OCH3 is 1. The number of piperidine rings is 1. The lowest BCUT2D eigenvalue weighted by atomic mass is 10.0. The molecule has 0 amide bonds. The van der Waals surface area contributed by atoms with E-state index in [1.54, 1.807) is 24.3 Å². The molecule has 7 nitrogen and oxygen atoms in total. The number of hydrogen-bond acceptors (Lipinski definition) is 5. The summed E-state index contributed by atoms with van der Waals surface area (Å²) in [5, 5.41) is 4.23.